The number of aromatic nitrogens is 1. The van der Waals surface area contributed by atoms with Crippen molar-refractivity contribution in [3.05, 3.63) is 40.0 Å². The summed E-state index contributed by atoms with van der Waals surface area (Å²) in [5.41, 5.74) is -10.8. The molecule has 42 heavy (non-hydrogen) atoms. The van der Waals surface area contributed by atoms with Gasteiger partial charge in [0.15, 0.2) is 11.2 Å². The van der Waals surface area contributed by atoms with Crippen molar-refractivity contribution in [3.8, 4) is 10.4 Å². The van der Waals surface area contributed by atoms with Gasteiger partial charge in [-0.1, -0.05) is 12.1 Å². The van der Waals surface area contributed by atoms with Crippen molar-refractivity contribution in [2.75, 3.05) is 13.1 Å². The number of carboxylic acid groups (broad SMARTS) is 1. The predicted molar refractivity (Wildman–Crippen MR) is 131 cm³/mol. The van der Waals surface area contributed by atoms with Gasteiger partial charge in [0.25, 0.3) is 17.9 Å². The minimum atomic E-state index is -6.32. The molecule has 17 heteroatoms. The topological polar surface area (TPSA) is 123 Å². The lowest BCUT2D eigenvalue weighted by Crippen LogP contribution is -2.54. The van der Waals surface area contributed by atoms with Crippen molar-refractivity contribution >= 4 is 23.2 Å². The number of carbonyl (C=O) groups excluding carboxylic acids is 1. The normalized spacial score (nSPS) is 20.1. The number of carboxylic acids is 1. The Morgan fingerprint density at radius 3 is 2.26 bits per heavy atom. The van der Waals surface area contributed by atoms with Crippen molar-refractivity contribution in [1.29, 1.82) is 0 Å². The fourth-order valence-corrected chi connectivity index (χ4v) is 5.93. The van der Waals surface area contributed by atoms with Crippen LogP contribution in [0.15, 0.2) is 18.2 Å². The van der Waals surface area contributed by atoms with E-state index in [9.17, 15) is 60.0 Å². The van der Waals surface area contributed by atoms with Gasteiger partial charge in [0.05, 0.1) is 10.3 Å². The Balaban J connectivity index is 1.82. The molecule has 1 saturated carbocycles. The van der Waals surface area contributed by atoms with Crippen LogP contribution in [-0.4, -0.2) is 68.6 Å². The van der Waals surface area contributed by atoms with Gasteiger partial charge >= 0.3 is 18.3 Å². The molecule has 0 radical (unpaired) electrons. The lowest BCUT2D eigenvalue weighted by atomic mass is 9.89. The molecule has 1 aliphatic heterocycles. The fraction of sp³-hybridized carbons (Fsp3) is 0.560. The van der Waals surface area contributed by atoms with Crippen LogP contribution in [0.2, 0.25) is 0 Å². The molecule has 1 aromatic heterocycles. The van der Waals surface area contributed by atoms with Gasteiger partial charge in [0.1, 0.15) is 5.69 Å². The van der Waals surface area contributed by atoms with Gasteiger partial charge in [-0.25, -0.2) is 13.8 Å². The number of carbonyl (C=O) groups is 2. The quantitative estimate of drug-likeness (QED) is 0.283. The second kappa shape index (κ2) is 11.0. The Morgan fingerprint density at radius 2 is 1.79 bits per heavy atom. The summed E-state index contributed by atoms with van der Waals surface area (Å²) in [5.74, 6) is -2.05. The van der Waals surface area contributed by atoms with Gasteiger partial charge < -0.3 is 20.6 Å². The summed E-state index contributed by atoms with van der Waals surface area (Å²) >= 11 is 0.447. The number of aliphatic hydroxyl groups is 2. The third-order valence-electron chi connectivity index (χ3n) is 7.67. The van der Waals surface area contributed by atoms with Crippen LogP contribution in [0.4, 0.5) is 35.1 Å². The molecule has 8 nitrogen and oxygen atoms in total. The van der Waals surface area contributed by atoms with E-state index in [0.29, 0.717) is 49.6 Å². The molecule has 232 valence electrons. The third kappa shape index (κ3) is 5.58. The standard InChI is InChI=1S/C25H25F8N3O5S/c1-11-3-2-8-36(11)20(38)15-16(42-19(35-15)18(37)34-10-22(6-7-22)21(39)40)13-5-4-12(9-14(13)17(26)27)23(41,24(28,29)30)25(31,32)33/h4-5,9,11,17,20,38,41H,2-3,6-8,10H2,1H3,(H,34,37)(H,39,40)/t11-,20?/m0/s1. The van der Waals surface area contributed by atoms with E-state index in [1.54, 1.807) is 6.92 Å². The Kier molecular flexibility index (Phi) is 8.38. The van der Waals surface area contributed by atoms with Crippen LogP contribution in [0.3, 0.4) is 0 Å². The molecule has 1 aromatic carbocycles. The van der Waals surface area contributed by atoms with E-state index in [4.69, 9.17) is 0 Å². The number of amides is 1. The van der Waals surface area contributed by atoms with E-state index in [1.165, 1.54) is 4.90 Å². The van der Waals surface area contributed by atoms with Gasteiger partial charge in [-0.2, -0.15) is 26.3 Å². The molecule has 0 spiro atoms. The van der Waals surface area contributed by atoms with Crippen LogP contribution >= 0.6 is 11.3 Å². The lowest BCUT2D eigenvalue weighted by Gasteiger charge is -2.33. The van der Waals surface area contributed by atoms with Crippen LogP contribution < -0.4 is 5.32 Å². The predicted octanol–water partition coefficient (Wildman–Crippen LogP) is 5.13. The number of alkyl halides is 8. The SMILES string of the molecule is C[C@H]1CCCN1C(O)c1nc(C(=O)NCC2(C(=O)O)CC2)sc1-c1ccc(C(O)(C(F)(F)F)C(F)(F)F)cc1C(F)F. The van der Waals surface area contributed by atoms with Crippen LogP contribution in [0.5, 0.6) is 0 Å². The van der Waals surface area contributed by atoms with E-state index in [1.807, 2.05) is 0 Å². The molecule has 2 aliphatic rings. The smallest absolute Gasteiger partial charge is 0.430 e. The Bertz CT molecular complexity index is 1340. The highest BCUT2D eigenvalue weighted by Gasteiger charge is 2.71. The molecule has 1 unspecified atom stereocenters. The number of aliphatic carboxylic acids is 1. The number of hydrogen-bond acceptors (Lipinski definition) is 7. The monoisotopic (exact) mass is 631 g/mol. The summed E-state index contributed by atoms with van der Waals surface area (Å²) in [5, 5.41) is 32.2. The average Bonchev–Trinajstić information content (AvgIpc) is 3.37. The van der Waals surface area contributed by atoms with Crippen molar-refractivity contribution in [1.82, 2.24) is 15.2 Å². The first-order valence-corrected chi connectivity index (χ1v) is 13.4. The van der Waals surface area contributed by atoms with E-state index in [-0.39, 0.29) is 35.3 Å². The fourth-order valence-electron chi connectivity index (χ4n) is 4.88. The van der Waals surface area contributed by atoms with Crippen LogP contribution in [0, 0.1) is 5.41 Å². The molecule has 2 aromatic rings. The number of thiazole rings is 1. The second-order valence-electron chi connectivity index (χ2n) is 10.4. The maximum absolute atomic E-state index is 14.2. The Hall–Kier alpha value is -2.89. The van der Waals surface area contributed by atoms with Gasteiger partial charge in [0, 0.05) is 35.8 Å². The van der Waals surface area contributed by atoms with Gasteiger partial charge in [0.2, 0.25) is 0 Å². The summed E-state index contributed by atoms with van der Waals surface area (Å²) in [7, 11) is 0. The van der Waals surface area contributed by atoms with E-state index >= 15 is 0 Å². The summed E-state index contributed by atoms with van der Waals surface area (Å²) in [6, 6.07) is 0.378. The first-order valence-electron chi connectivity index (χ1n) is 12.6. The van der Waals surface area contributed by atoms with Crippen LogP contribution in [-0.2, 0) is 10.4 Å². The number of rotatable bonds is 9. The molecule has 1 saturated heterocycles. The lowest BCUT2D eigenvalue weighted by molar-refractivity contribution is -0.376. The third-order valence-corrected chi connectivity index (χ3v) is 8.78. The average molecular weight is 632 g/mol. The molecule has 2 heterocycles. The molecule has 4 N–H and O–H groups in total. The van der Waals surface area contributed by atoms with Crippen LogP contribution in [0.1, 0.15) is 71.9 Å². The molecule has 2 atom stereocenters. The van der Waals surface area contributed by atoms with Crippen LogP contribution in [0.25, 0.3) is 10.4 Å². The maximum atomic E-state index is 14.2. The van der Waals surface area contributed by atoms with Crippen molar-refractivity contribution in [2.24, 2.45) is 5.41 Å². The van der Waals surface area contributed by atoms with Gasteiger partial charge in [-0.15, -0.1) is 11.3 Å². The molecule has 1 amide bonds. The first kappa shape index (κ1) is 32.0. The summed E-state index contributed by atoms with van der Waals surface area (Å²) < 4.78 is 109. The molecular weight excluding hydrogens is 606 g/mol. The molecule has 0 bridgehead atoms. The molecular formula is C25H25F8N3O5S. The van der Waals surface area contributed by atoms with Crippen molar-refractivity contribution < 1.29 is 60.0 Å². The maximum Gasteiger partial charge on any atom is 0.430 e. The Labute approximate surface area is 237 Å². The number of nitrogens with zero attached hydrogens (tertiary/aromatic N) is 2. The van der Waals surface area contributed by atoms with Crippen molar-refractivity contribution in [2.45, 2.75) is 69.3 Å². The zero-order valence-electron chi connectivity index (χ0n) is 21.7. The van der Waals surface area contributed by atoms with E-state index in [0.717, 1.165) is 0 Å². The first-order chi connectivity index (χ1) is 19.3. The molecule has 4 rings (SSSR count). The van der Waals surface area contributed by atoms with Crippen molar-refractivity contribution in [3.63, 3.8) is 0 Å². The highest BCUT2D eigenvalue weighted by Crippen LogP contribution is 2.52. The van der Waals surface area contributed by atoms with E-state index in [2.05, 4.69) is 10.3 Å². The highest BCUT2D eigenvalue weighted by atomic mass is 32.1. The Morgan fingerprint density at radius 1 is 1.17 bits per heavy atom. The molecule has 2 fully saturated rings. The van der Waals surface area contributed by atoms with Gasteiger partial charge in [-0.3, -0.25) is 14.5 Å². The second-order valence-corrected chi connectivity index (χ2v) is 11.4. The number of nitrogens with one attached hydrogen (secondary N) is 1. The summed E-state index contributed by atoms with van der Waals surface area (Å²) in [6.45, 7) is 1.82. The number of halogens is 8. The number of hydrogen-bond donors (Lipinski definition) is 4. The minimum Gasteiger partial charge on any atom is -0.481 e. The highest BCUT2D eigenvalue weighted by molar-refractivity contribution is 7.17. The van der Waals surface area contributed by atoms with Gasteiger partial charge in [-0.05, 0) is 38.7 Å². The zero-order chi connectivity index (χ0) is 31.4. The van der Waals surface area contributed by atoms with E-state index < -0.39 is 69.6 Å². The largest absolute Gasteiger partial charge is 0.481 e. The zero-order valence-corrected chi connectivity index (χ0v) is 22.5. The number of likely N-dealkylation sites (tertiary alicyclic amines) is 1. The summed E-state index contributed by atoms with van der Waals surface area (Å²) in [4.78, 5) is 29.6. The number of aliphatic hydroxyl groups excluding tert-OH is 1. The minimum absolute atomic E-state index is 0.112. The summed E-state index contributed by atoms with van der Waals surface area (Å²) in [6.07, 6.45) is -16.0. The number of benzene rings is 1. The molecule has 1 aliphatic carbocycles.